The summed E-state index contributed by atoms with van der Waals surface area (Å²) in [5, 5.41) is 8.47. The summed E-state index contributed by atoms with van der Waals surface area (Å²) in [5.74, 6) is -0.366. The number of carbonyl (C=O) groups is 2. The molecule has 1 fully saturated rings. The van der Waals surface area contributed by atoms with Gasteiger partial charge in [0.1, 0.15) is 6.61 Å². The fourth-order valence-corrected chi connectivity index (χ4v) is 3.91. The number of aromatic nitrogens is 2. The summed E-state index contributed by atoms with van der Waals surface area (Å²) >= 11 is 0. The molecule has 33 heavy (non-hydrogen) atoms. The van der Waals surface area contributed by atoms with Crippen molar-refractivity contribution in [1.82, 2.24) is 14.7 Å². The monoisotopic (exact) mass is 440 g/mol. The third kappa shape index (κ3) is 4.43. The van der Waals surface area contributed by atoms with Crippen molar-refractivity contribution in [1.29, 1.82) is 0 Å². The number of fused-ring (bicyclic) bond motifs is 1. The van der Waals surface area contributed by atoms with Crippen molar-refractivity contribution in [2.45, 2.75) is 13.5 Å². The van der Waals surface area contributed by atoms with Crippen LogP contribution in [0.4, 0.5) is 10.5 Å². The number of hydrogen-bond acceptors (Lipinski definition) is 4. The summed E-state index contributed by atoms with van der Waals surface area (Å²) in [6.45, 7) is 2.97. The number of ether oxygens (including phenoxy) is 1. The minimum atomic E-state index is -0.397. The standard InChI is InChI=1S/C26H24N4O3/c1-18-6-5-9-23(12-18)30-24-13-22(11-10-20(24)14-27-30)28-25(31)21-15-29(16-21)26(32)33-17-19-7-3-2-4-8-19/h2-14,21H,15-17H2,1H3,(H,28,31). The number of anilines is 1. The average Bonchev–Trinajstić information content (AvgIpc) is 3.21. The van der Waals surface area contributed by atoms with Gasteiger partial charge in [-0.25, -0.2) is 9.48 Å². The van der Waals surface area contributed by atoms with Gasteiger partial charge >= 0.3 is 6.09 Å². The predicted molar refractivity (Wildman–Crippen MR) is 126 cm³/mol. The lowest BCUT2D eigenvalue weighted by molar-refractivity contribution is -0.124. The van der Waals surface area contributed by atoms with Gasteiger partial charge in [0.15, 0.2) is 0 Å². The van der Waals surface area contributed by atoms with Crippen LogP contribution in [0, 0.1) is 12.8 Å². The van der Waals surface area contributed by atoms with E-state index < -0.39 is 6.09 Å². The molecular formula is C26H24N4O3. The molecule has 1 saturated heterocycles. The van der Waals surface area contributed by atoms with E-state index in [0.29, 0.717) is 18.8 Å². The van der Waals surface area contributed by atoms with Crippen LogP contribution in [-0.4, -0.2) is 39.8 Å². The van der Waals surface area contributed by atoms with Crippen molar-refractivity contribution >= 4 is 28.6 Å². The maximum atomic E-state index is 12.7. The first-order valence-corrected chi connectivity index (χ1v) is 10.9. The van der Waals surface area contributed by atoms with Crippen molar-refractivity contribution in [3.8, 4) is 5.69 Å². The number of nitrogens with one attached hydrogen (secondary N) is 1. The van der Waals surface area contributed by atoms with Crippen LogP contribution in [0.2, 0.25) is 0 Å². The molecule has 1 N–H and O–H groups in total. The minimum Gasteiger partial charge on any atom is -0.445 e. The maximum Gasteiger partial charge on any atom is 0.410 e. The predicted octanol–water partition coefficient (Wildman–Crippen LogP) is 4.54. The number of hydrogen-bond donors (Lipinski definition) is 1. The number of rotatable bonds is 5. The third-order valence-corrected chi connectivity index (χ3v) is 5.80. The fraction of sp³-hybridized carbons (Fsp3) is 0.192. The van der Waals surface area contributed by atoms with Gasteiger partial charge in [-0.2, -0.15) is 5.10 Å². The Morgan fingerprint density at radius 2 is 1.85 bits per heavy atom. The highest BCUT2D eigenvalue weighted by Crippen LogP contribution is 2.24. The minimum absolute atomic E-state index is 0.108. The molecule has 4 aromatic rings. The van der Waals surface area contributed by atoms with Crippen molar-refractivity contribution in [2.75, 3.05) is 18.4 Å². The van der Waals surface area contributed by atoms with E-state index in [4.69, 9.17) is 4.74 Å². The normalized spacial score (nSPS) is 13.5. The molecule has 5 rings (SSSR count). The number of likely N-dealkylation sites (tertiary alicyclic amines) is 1. The number of aryl methyl sites for hydroxylation is 1. The molecule has 0 unspecified atom stereocenters. The second-order valence-corrected chi connectivity index (χ2v) is 8.30. The van der Waals surface area contributed by atoms with E-state index in [0.717, 1.165) is 27.7 Å². The lowest BCUT2D eigenvalue weighted by Gasteiger charge is -2.37. The molecular weight excluding hydrogens is 416 g/mol. The molecule has 1 aliphatic rings. The van der Waals surface area contributed by atoms with Crippen LogP contribution >= 0.6 is 0 Å². The molecule has 0 atom stereocenters. The van der Waals surface area contributed by atoms with Gasteiger partial charge in [0.2, 0.25) is 5.91 Å². The topological polar surface area (TPSA) is 76.5 Å². The molecule has 0 saturated carbocycles. The first kappa shape index (κ1) is 20.8. The summed E-state index contributed by atoms with van der Waals surface area (Å²) in [6, 6.07) is 23.4. The Morgan fingerprint density at radius 3 is 2.64 bits per heavy atom. The zero-order valence-electron chi connectivity index (χ0n) is 18.3. The van der Waals surface area contributed by atoms with Gasteiger partial charge in [-0.1, -0.05) is 42.5 Å². The lowest BCUT2D eigenvalue weighted by atomic mass is 10.00. The summed E-state index contributed by atoms with van der Waals surface area (Å²) < 4.78 is 7.19. The van der Waals surface area contributed by atoms with E-state index in [2.05, 4.69) is 16.5 Å². The smallest absolute Gasteiger partial charge is 0.410 e. The van der Waals surface area contributed by atoms with E-state index in [1.165, 1.54) is 0 Å². The number of carbonyl (C=O) groups excluding carboxylic acids is 2. The van der Waals surface area contributed by atoms with Crippen LogP contribution in [0.15, 0.2) is 79.0 Å². The summed E-state index contributed by atoms with van der Waals surface area (Å²) in [6.07, 6.45) is 1.42. The van der Waals surface area contributed by atoms with Gasteiger partial charge in [0.25, 0.3) is 0 Å². The van der Waals surface area contributed by atoms with E-state index in [1.807, 2.05) is 84.5 Å². The highest BCUT2D eigenvalue weighted by molar-refractivity contribution is 5.96. The highest BCUT2D eigenvalue weighted by atomic mass is 16.6. The Labute approximate surface area is 191 Å². The molecule has 0 radical (unpaired) electrons. The van der Waals surface area contributed by atoms with E-state index >= 15 is 0 Å². The molecule has 2 amide bonds. The zero-order chi connectivity index (χ0) is 22.8. The summed E-state index contributed by atoms with van der Waals surface area (Å²) in [4.78, 5) is 26.4. The van der Waals surface area contributed by atoms with Gasteiger partial charge in [0.05, 0.1) is 23.3 Å². The average molecular weight is 441 g/mol. The second kappa shape index (κ2) is 8.78. The van der Waals surface area contributed by atoms with Crippen LogP contribution < -0.4 is 5.32 Å². The summed E-state index contributed by atoms with van der Waals surface area (Å²) in [5.41, 5.74) is 4.67. The number of amides is 2. The van der Waals surface area contributed by atoms with Crippen LogP contribution in [0.5, 0.6) is 0 Å². The quantitative estimate of drug-likeness (QED) is 0.494. The first-order chi connectivity index (χ1) is 16.1. The first-order valence-electron chi connectivity index (χ1n) is 10.9. The van der Waals surface area contributed by atoms with Crippen LogP contribution in [-0.2, 0) is 16.1 Å². The molecule has 7 heteroatoms. The van der Waals surface area contributed by atoms with E-state index in [9.17, 15) is 9.59 Å². The van der Waals surface area contributed by atoms with E-state index in [-0.39, 0.29) is 18.4 Å². The third-order valence-electron chi connectivity index (χ3n) is 5.80. The summed E-state index contributed by atoms with van der Waals surface area (Å²) in [7, 11) is 0. The van der Waals surface area contributed by atoms with Crippen molar-refractivity contribution < 1.29 is 14.3 Å². The van der Waals surface area contributed by atoms with Gasteiger partial charge < -0.3 is 15.0 Å². The Bertz CT molecular complexity index is 1310. The van der Waals surface area contributed by atoms with Gasteiger partial charge in [0, 0.05) is 24.2 Å². The van der Waals surface area contributed by atoms with Gasteiger partial charge in [-0.15, -0.1) is 0 Å². The maximum absolute atomic E-state index is 12.7. The molecule has 3 aromatic carbocycles. The molecule has 1 aliphatic heterocycles. The Balaban J connectivity index is 1.20. The molecule has 0 spiro atoms. The van der Waals surface area contributed by atoms with Crippen molar-refractivity contribution in [3.63, 3.8) is 0 Å². The molecule has 2 heterocycles. The number of nitrogens with zero attached hydrogens (tertiary/aromatic N) is 3. The SMILES string of the molecule is Cc1cccc(-n2ncc3ccc(NC(=O)C4CN(C(=O)OCc5ccccc5)C4)cc32)c1. The largest absolute Gasteiger partial charge is 0.445 e. The molecule has 0 bridgehead atoms. The Hall–Kier alpha value is -4.13. The molecule has 7 nitrogen and oxygen atoms in total. The zero-order valence-corrected chi connectivity index (χ0v) is 18.3. The highest BCUT2D eigenvalue weighted by Gasteiger charge is 2.36. The van der Waals surface area contributed by atoms with Gasteiger partial charge in [-0.3, -0.25) is 4.79 Å². The van der Waals surface area contributed by atoms with Gasteiger partial charge in [-0.05, 0) is 48.4 Å². The van der Waals surface area contributed by atoms with Crippen molar-refractivity contribution in [2.24, 2.45) is 5.92 Å². The van der Waals surface area contributed by atoms with Crippen LogP contribution in [0.3, 0.4) is 0 Å². The number of benzene rings is 3. The molecule has 0 aliphatic carbocycles. The van der Waals surface area contributed by atoms with Crippen LogP contribution in [0.1, 0.15) is 11.1 Å². The molecule has 1 aromatic heterocycles. The Morgan fingerprint density at radius 1 is 1.03 bits per heavy atom. The van der Waals surface area contributed by atoms with E-state index in [1.54, 1.807) is 4.90 Å². The van der Waals surface area contributed by atoms with Crippen molar-refractivity contribution in [3.05, 3.63) is 90.1 Å². The lowest BCUT2D eigenvalue weighted by Crippen LogP contribution is -2.54. The second-order valence-electron chi connectivity index (χ2n) is 8.30. The fourth-order valence-electron chi connectivity index (χ4n) is 3.91. The van der Waals surface area contributed by atoms with Crippen LogP contribution in [0.25, 0.3) is 16.6 Å². The molecule has 166 valence electrons. The Kier molecular flexibility index (Phi) is 5.52.